The van der Waals surface area contributed by atoms with Crippen LogP contribution < -0.4 is 0 Å². The molecule has 24 heavy (non-hydrogen) atoms. The normalized spacial score (nSPS) is 21.1. The van der Waals surface area contributed by atoms with Crippen LogP contribution in [0.25, 0.3) is 0 Å². The second-order valence-electron chi connectivity index (χ2n) is 6.74. The van der Waals surface area contributed by atoms with E-state index >= 15 is 0 Å². The second-order valence-corrected chi connectivity index (χ2v) is 6.74. The molecular formula is C18H24N4O2. The number of carbonyl (C=O) groups is 1. The quantitative estimate of drug-likeness (QED) is 0.871. The van der Waals surface area contributed by atoms with Crippen molar-refractivity contribution >= 4 is 5.91 Å². The fourth-order valence-electron chi connectivity index (χ4n) is 3.33. The number of hydrogen-bond acceptors (Lipinski definition) is 4. The summed E-state index contributed by atoms with van der Waals surface area (Å²) in [4.78, 5) is 16.3. The fraction of sp³-hybridized carbons (Fsp3) is 0.444. The lowest BCUT2D eigenvalue weighted by molar-refractivity contribution is 0.0170. The molecule has 1 fully saturated rings. The monoisotopic (exact) mass is 328 g/mol. The maximum Gasteiger partial charge on any atom is 0.257 e. The molecule has 2 aromatic rings. The van der Waals surface area contributed by atoms with E-state index in [1.54, 1.807) is 11.9 Å². The van der Waals surface area contributed by atoms with Gasteiger partial charge in [0.2, 0.25) is 0 Å². The number of carbonyl (C=O) groups excluding carboxylic acids is 1. The number of rotatable bonds is 5. The molecule has 1 saturated heterocycles. The number of likely N-dealkylation sites (N-methyl/N-ethyl adjacent to an activating group) is 1. The Balaban J connectivity index is 1.59. The van der Waals surface area contributed by atoms with Gasteiger partial charge in [-0.25, -0.2) is 0 Å². The Bertz CT molecular complexity index is 700. The zero-order chi connectivity index (χ0) is 17.2. The minimum atomic E-state index is -0.864. The molecule has 6 heteroatoms. The molecule has 3 rings (SSSR count). The van der Waals surface area contributed by atoms with Crippen molar-refractivity contribution in [3.63, 3.8) is 0 Å². The highest BCUT2D eigenvalue weighted by molar-refractivity contribution is 5.94. The van der Waals surface area contributed by atoms with Gasteiger partial charge >= 0.3 is 0 Å². The summed E-state index contributed by atoms with van der Waals surface area (Å²) in [6, 6.07) is 10.2. The van der Waals surface area contributed by atoms with Gasteiger partial charge in [-0.3, -0.25) is 14.8 Å². The van der Waals surface area contributed by atoms with Crippen LogP contribution in [0.1, 0.15) is 28.0 Å². The third kappa shape index (κ3) is 3.66. The second kappa shape index (κ2) is 6.75. The first-order valence-corrected chi connectivity index (χ1v) is 8.21. The Hall–Kier alpha value is -2.18. The predicted octanol–water partition coefficient (Wildman–Crippen LogP) is 1.43. The van der Waals surface area contributed by atoms with Gasteiger partial charge in [-0.2, -0.15) is 5.10 Å². The highest BCUT2D eigenvalue weighted by atomic mass is 16.3. The predicted molar refractivity (Wildman–Crippen MR) is 91.6 cm³/mol. The zero-order valence-electron chi connectivity index (χ0n) is 14.2. The molecule has 1 amide bonds. The van der Waals surface area contributed by atoms with Gasteiger partial charge in [0.15, 0.2) is 0 Å². The molecule has 0 radical (unpaired) electrons. The van der Waals surface area contributed by atoms with Gasteiger partial charge in [0.25, 0.3) is 5.91 Å². The fourth-order valence-corrected chi connectivity index (χ4v) is 3.33. The van der Waals surface area contributed by atoms with Crippen LogP contribution in [0, 0.1) is 6.92 Å². The first-order valence-electron chi connectivity index (χ1n) is 8.21. The summed E-state index contributed by atoms with van der Waals surface area (Å²) in [6.07, 6.45) is 2.20. The molecule has 0 unspecified atom stereocenters. The number of aryl methyl sites for hydroxylation is 1. The SMILES string of the molecule is Cc1[nH]ncc1C(=O)N(C)C[C@@]1(O)CCN(Cc2ccccc2)C1. The van der Waals surface area contributed by atoms with E-state index in [0.29, 0.717) is 25.1 Å². The number of H-pyrrole nitrogens is 1. The lowest BCUT2D eigenvalue weighted by Gasteiger charge is -2.29. The van der Waals surface area contributed by atoms with E-state index in [1.807, 2.05) is 25.1 Å². The van der Waals surface area contributed by atoms with E-state index in [-0.39, 0.29) is 5.91 Å². The lowest BCUT2D eigenvalue weighted by atomic mass is 10.0. The number of aromatic amines is 1. The minimum Gasteiger partial charge on any atom is -0.387 e. The van der Waals surface area contributed by atoms with E-state index in [4.69, 9.17) is 0 Å². The van der Waals surface area contributed by atoms with E-state index in [1.165, 1.54) is 11.8 Å². The topological polar surface area (TPSA) is 72.5 Å². The molecule has 1 aliphatic heterocycles. The van der Waals surface area contributed by atoms with Crippen LogP contribution in [-0.4, -0.2) is 63.3 Å². The van der Waals surface area contributed by atoms with Gasteiger partial charge in [-0.1, -0.05) is 30.3 Å². The van der Waals surface area contributed by atoms with Crippen molar-refractivity contribution in [2.45, 2.75) is 25.5 Å². The summed E-state index contributed by atoms with van der Waals surface area (Å²) >= 11 is 0. The third-order valence-corrected chi connectivity index (χ3v) is 4.60. The Morgan fingerprint density at radius 2 is 2.17 bits per heavy atom. The summed E-state index contributed by atoms with van der Waals surface area (Å²) in [6.45, 7) is 4.37. The zero-order valence-corrected chi connectivity index (χ0v) is 14.2. The molecule has 1 aliphatic rings. The van der Waals surface area contributed by atoms with Crippen molar-refractivity contribution < 1.29 is 9.90 Å². The van der Waals surface area contributed by atoms with Crippen LogP contribution in [0.2, 0.25) is 0 Å². The molecule has 128 valence electrons. The molecule has 6 nitrogen and oxygen atoms in total. The lowest BCUT2D eigenvalue weighted by Crippen LogP contribution is -2.45. The van der Waals surface area contributed by atoms with Gasteiger partial charge in [0.1, 0.15) is 0 Å². The number of amides is 1. The molecule has 0 spiro atoms. The summed E-state index contributed by atoms with van der Waals surface area (Å²) in [7, 11) is 1.73. The Morgan fingerprint density at radius 1 is 1.42 bits per heavy atom. The van der Waals surface area contributed by atoms with Crippen LogP contribution in [0.15, 0.2) is 36.5 Å². The number of hydrogen-bond donors (Lipinski definition) is 2. The average molecular weight is 328 g/mol. The van der Waals surface area contributed by atoms with Gasteiger partial charge in [0.05, 0.1) is 23.9 Å². The molecule has 0 saturated carbocycles. The number of nitrogens with zero attached hydrogens (tertiary/aromatic N) is 3. The standard InChI is InChI=1S/C18H24N4O2/c1-14-16(10-19-20-14)17(23)21(2)12-18(24)8-9-22(13-18)11-15-6-4-3-5-7-15/h3-7,10,24H,8-9,11-13H2,1-2H3,(H,19,20)/t18-/m0/s1. The molecule has 1 atom stereocenters. The largest absolute Gasteiger partial charge is 0.387 e. The average Bonchev–Trinajstić information content (AvgIpc) is 3.13. The number of nitrogens with one attached hydrogen (secondary N) is 1. The van der Waals surface area contributed by atoms with Crippen LogP contribution in [0.4, 0.5) is 0 Å². The van der Waals surface area contributed by atoms with Crippen molar-refractivity contribution in [3.05, 3.63) is 53.3 Å². The molecule has 2 N–H and O–H groups in total. The molecule has 1 aromatic carbocycles. The van der Waals surface area contributed by atoms with E-state index in [2.05, 4.69) is 27.2 Å². The third-order valence-electron chi connectivity index (χ3n) is 4.60. The first-order chi connectivity index (χ1) is 11.5. The first kappa shape index (κ1) is 16.7. The van der Waals surface area contributed by atoms with Crippen molar-refractivity contribution in [1.82, 2.24) is 20.0 Å². The Morgan fingerprint density at radius 3 is 2.83 bits per heavy atom. The molecule has 0 bridgehead atoms. The van der Waals surface area contributed by atoms with Gasteiger partial charge in [0, 0.05) is 32.4 Å². The van der Waals surface area contributed by atoms with Crippen LogP contribution in [-0.2, 0) is 6.54 Å². The van der Waals surface area contributed by atoms with Crippen LogP contribution >= 0.6 is 0 Å². The van der Waals surface area contributed by atoms with E-state index < -0.39 is 5.60 Å². The van der Waals surface area contributed by atoms with Gasteiger partial charge < -0.3 is 10.0 Å². The summed E-state index contributed by atoms with van der Waals surface area (Å²) in [5, 5.41) is 17.5. The molecule has 2 heterocycles. The number of aromatic nitrogens is 2. The van der Waals surface area contributed by atoms with Gasteiger partial charge in [-0.05, 0) is 18.9 Å². The highest BCUT2D eigenvalue weighted by Gasteiger charge is 2.38. The number of aliphatic hydroxyl groups is 1. The molecule has 1 aromatic heterocycles. The van der Waals surface area contributed by atoms with Gasteiger partial charge in [-0.15, -0.1) is 0 Å². The maximum atomic E-state index is 12.5. The van der Waals surface area contributed by atoms with Crippen molar-refractivity contribution in [2.75, 3.05) is 26.7 Å². The van der Waals surface area contributed by atoms with Crippen molar-refractivity contribution in [2.24, 2.45) is 0 Å². The smallest absolute Gasteiger partial charge is 0.257 e. The number of likely N-dealkylation sites (tertiary alicyclic amines) is 1. The van der Waals surface area contributed by atoms with Crippen LogP contribution in [0.3, 0.4) is 0 Å². The highest BCUT2D eigenvalue weighted by Crippen LogP contribution is 2.24. The summed E-state index contributed by atoms with van der Waals surface area (Å²) in [5.41, 5.74) is 1.67. The van der Waals surface area contributed by atoms with E-state index in [9.17, 15) is 9.90 Å². The summed E-state index contributed by atoms with van der Waals surface area (Å²) < 4.78 is 0. The summed E-state index contributed by atoms with van der Waals surface area (Å²) in [5.74, 6) is -0.115. The number of β-amino-alcohol motifs (C(OH)–C–C–N with tert-alkyl or cyclic N) is 1. The maximum absolute atomic E-state index is 12.5. The Kier molecular flexibility index (Phi) is 4.69. The van der Waals surface area contributed by atoms with E-state index in [0.717, 1.165) is 18.8 Å². The van der Waals surface area contributed by atoms with Crippen molar-refractivity contribution in [3.8, 4) is 0 Å². The van der Waals surface area contributed by atoms with Crippen molar-refractivity contribution in [1.29, 1.82) is 0 Å². The molecule has 0 aliphatic carbocycles. The molecular weight excluding hydrogens is 304 g/mol. The van der Waals surface area contributed by atoms with Crippen LogP contribution in [0.5, 0.6) is 0 Å². The minimum absolute atomic E-state index is 0.115. The number of benzene rings is 1. The Labute approximate surface area is 142 Å².